The predicted molar refractivity (Wildman–Crippen MR) is 101 cm³/mol. The number of likely N-dealkylation sites (tertiary alicyclic amines) is 1. The molecule has 0 spiro atoms. The Morgan fingerprint density at radius 1 is 1.36 bits per heavy atom. The summed E-state index contributed by atoms with van der Waals surface area (Å²) >= 11 is 3.17. The molecule has 1 aromatic rings. The highest BCUT2D eigenvalue weighted by Gasteiger charge is 2.21. The molecule has 0 aromatic heterocycles. The summed E-state index contributed by atoms with van der Waals surface area (Å²) in [5.41, 5.74) is 0.887. The first-order valence-corrected chi connectivity index (χ1v) is 9.43. The quantitative estimate of drug-likeness (QED) is 0.422. The lowest BCUT2D eigenvalue weighted by Crippen LogP contribution is -2.46. The largest absolute Gasteiger partial charge is 0.385 e. The minimum Gasteiger partial charge on any atom is -0.385 e. The van der Waals surface area contributed by atoms with Gasteiger partial charge in [0.05, 0.1) is 10.6 Å². The summed E-state index contributed by atoms with van der Waals surface area (Å²) in [6.07, 6.45) is 3.22. The summed E-state index contributed by atoms with van der Waals surface area (Å²) in [6.45, 7) is 3.85. The summed E-state index contributed by atoms with van der Waals surface area (Å²) in [6, 6.07) is 5.15. The fourth-order valence-corrected chi connectivity index (χ4v) is 3.10. The van der Waals surface area contributed by atoms with E-state index in [-0.39, 0.29) is 5.82 Å². The van der Waals surface area contributed by atoms with Gasteiger partial charge in [-0.2, -0.15) is 0 Å². The molecule has 5 nitrogen and oxygen atoms in total. The molecule has 0 bridgehead atoms. The summed E-state index contributed by atoms with van der Waals surface area (Å²) in [5.74, 6) is 0.599. The van der Waals surface area contributed by atoms with Crippen LogP contribution < -0.4 is 5.32 Å². The highest BCUT2D eigenvalue weighted by atomic mass is 79.9. The Bertz CT molecular complexity index is 563. The fourth-order valence-electron chi connectivity index (χ4n) is 2.85. The third-order valence-electron chi connectivity index (χ3n) is 4.23. The minimum absolute atomic E-state index is 0.249. The van der Waals surface area contributed by atoms with E-state index >= 15 is 0 Å². The number of nitrogens with zero attached hydrogens (tertiary/aromatic N) is 2. The van der Waals surface area contributed by atoms with Crippen molar-refractivity contribution in [1.29, 1.82) is 0 Å². The molecule has 0 atom stereocenters. The van der Waals surface area contributed by atoms with Gasteiger partial charge in [-0.15, -0.1) is 0 Å². The summed E-state index contributed by atoms with van der Waals surface area (Å²) < 4.78 is 25.0. The first-order valence-electron chi connectivity index (χ1n) is 8.64. The van der Waals surface area contributed by atoms with Crippen LogP contribution in [0.1, 0.15) is 24.8 Å². The molecule has 2 rings (SSSR count). The number of aliphatic imine (C=N–C) groups is 1. The Morgan fingerprint density at radius 2 is 2.12 bits per heavy atom. The topological polar surface area (TPSA) is 46.1 Å². The van der Waals surface area contributed by atoms with Gasteiger partial charge in [0.25, 0.3) is 0 Å². The molecule has 1 N–H and O–H groups in total. The van der Waals surface area contributed by atoms with Crippen LogP contribution in [-0.4, -0.2) is 57.4 Å². The van der Waals surface area contributed by atoms with Gasteiger partial charge in [0.1, 0.15) is 5.82 Å². The van der Waals surface area contributed by atoms with Crippen molar-refractivity contribution in [3.05, 3.63) is 34.1 Å². The highest BCUT2D eigenvalue weighted by molar-refractivity contribution is 9.10. The van der Waals surface area contributed by atoms with E-state index in [4.69, 9.17) is 9.47 Å². The standard InChI is InChI=1S/C18H27BrFN3O2/c1-21-18(22-13-14-4-5-16(19)17(20)12-14)23-8-6-15(7-9-23)25-11-3-10-24-2/h4-5,12,15H,3,6-11,13H2,1-2H3,(H,21,22). The molecule has 0 saturated carbocycles. The van der Waals surface area contributed by atoms with Crippen LogP contribution >= 0.6 is 15.9 Å². The molecule has 0 radical (unpaired) electrons. The SMILES string of the molecule is CN=C(NCc1ccc(Br)c(F)c1)N1CCC(OCCCOC)CC1. The highest BCUT2D eigenvalue weighted by Crippen LogP contribution is 2.17. The second kappa shape index (κ2) is 10.7. The Hall–Kier alpha value is -1.18. The lowest BCUT2D eigenvalue weighted by Gasteiger charge is -2.34. The Balaban J connectivity index is 1.75. The molecule has 25 heavy (non-hydrogen) atoms. The Morgan fingerprint density at radius 3 is 2.76 bits per heavy atom. The second-order valence-electron chi connectivity index (χ2n) is 6.05. The van der Waals surface area contributed by atoms with Gasteiger partial charge in [-0.05, 0) is 52.9 Å². The van der Waals surface area contributed by atoms with E-state index in [2.05, 4.69) is 31.1 Å². The maximum Gasteiger partial charge on any atom is 0.193 e. The van der Waals surface area contributed by atoms with E-state index in [9.17, 15) is 4.39 Å². The van der Waals surface area contributed by atoms with E-state index in [1.165, 1.54) is 6.07 Å². The van der Waals surface area contributed by atoms with Crippen LogP contribution in [-0.2, 0) is 16.0 Å². The number of piperidine rings is 1. The zero-order valence-electron chi connectivity index (χ0n) is 14.9. The van der Waals surface area contributed by atoms with Crippen LogP contribution in [0.15, 0.2) is 27.7 Å². The molecular formula is C18H27BrFN3O2. The first kappa shape index (κ1) is 20.1. The number of halogens is 2. The maximum atomic E-state index is 13.6. The van der Waals surface area contributed by atoms with E-state index in [1.54, 1.807) is 20.2 Å². The third kappa shape index (κ3) is 6.56. The van der Waals surface area contributed by atoms with Crippen LogP contribution in [0.2, 0.25) is 0 Å². The average molecular weight is 416 g/mol. The Kier molecular flexibility index (Phi) is 8.64. The van der Waals surface area contributed by atoms with Gasteiger partial charge in [0.2, 0.25) is 0 Å². The van der Waals surface area contributed by atoms with Gasteiger partial charge in [0, 0.05) is 47.0 Å². The number of rotatable bonds is 7. The number of ether oxygens (including phenoxy) is 2. The molecule has 0 unspecified atom stereocenters. The van der Waals surface area contributed by atoms with Crippen molar-refractivity contribution in [1.82, 2.24) is 10.2 Å². The number of nitrogens with one attached hydrogen (secondary N) is 1. The molecule has 1 aliphatic heterocycles. The van der Waals surface area contributed by atoms with Crippen LogP contribution in [0, 0.1) is 5.82 Å². The van der Waals surface area contributed by atoms with E-state index < -0.39 is 0 Å². The van der Waals surface area contributed by atoms with Gasteiger partial charge >= 0.3 is 0 Å². The van der Waals surface area contributed by atoms with Crippen LogP contribution in [0.4, 0.5) is 4.39 Å². The minimum atomic E-state index is -0.249. The van der Waals surface area contributed by atoms with Crippen molar-refractivity contribution in [2.45, 2.75) is 31.9 Å². The molecule has 1 heterocycles. The normalized spacial score (nSPS) is 16.3. The summed E-state index contributed by atoms with van der Waals surface area (Å²) in [4.78, 5) is 6.58. The number of guanidine groups is 1. The van der Waals surface area contributed by atoms with Gasteiger partial charge in [0.15, 0.2) is 5.96 Å². The predicted octanol–water partition coefficient (Wildman–Crippen LogP) is 3.18. The number of methoxy groups -OCH3 is 1. The monoisotopic (exact) mass is 415 g/mol. The summed E-state index contributed by atoms with van der Waals surface area (Å²) in [5, 5.41) is 3.31. The van der Waals surface area contributed by atoms with Crippen molar-refractivity contribution >= 4 is 21.9 Å². The zero-order valence-corrected chi connectivity index (χ0v) is 16.5. The van der Waals surface area contributed by atoms with Gasteiger partial charge in [-0.3, -0.25) is 4.99 Å². The smallest absolute Gasteiger partial charge is 0.193 e. The molecule has 7 heteroatoms. The number of benzene rings is 1. The fraction of sp³-hybridized carbons (Fsp3) is 0.611. The molecule has 0 aliphatic carbocycles. The van der Waals surface area contributed by atoms with E-state index in [0.29, 0.717) is 17.1 Å². The van der Waals surface area contributed by atoms with Crippen molar-refractivity contribution in [3.8, 4) is 0 Å². The lowest BCUT2D eigenvalue weighted by molar-refractivity contribution is 0.00989. The number of hydrogen-bond donors (Lipinski definition) is 1. The van der Waals surface area contributed by atoms with Crippen molar-refractivity contribution in [2.75, 3.05) is 40.5 Å². The second-order valence-corrected chi connectivity index (χ2v) is 6.91. The van der Waals surface area contributed by atoms with Gasteiger partial charge in [-0.1, -0.05) is 6.07 Å². The van der Waals surface area contributed by atoms with Crippen molar-refractivity contribution in [2.24, 2.45) is 4.99 Å². The van der Waals surface area contributed by atoms with Crippen molar-refractivity contribution in [3.63, 3.8) is 0 Å². The zero-order chi connectivity index (χ0) is 18.1. The van der Waals surface area contributed by atoms with Crippen LogP contribution in [0.3, 0.4) is 0 Å². The average Bonchev–Trinajstić information content (AvgIpc) is 2.63. The molecular weight excluding hydrogens is 389 g/mol. The third-order valence-corrected chi connectivity index (χ3v) is 4.88. The molecule has 1 saturated heterocycles. The van der Waals surface area contributed by atoms with Crippen LogP contribution in [0.5, 0.6) is 0 Å². The maximum absolute atomic E-state index is 13.6. The van der Waals surface area contributed by atoms with E-state index in [0.717, 1.165) is 57.1 Å². The molecule has 0 amide bonds. The van der Waals surface area contributed by atoms with Crippen molar-refractivity contribution < 1.29 is 13.9 Å². The summed E-state index contributed by atoms with van der Waals surface area (Å²) in [7, 11) is 3.48. The molecule has 1 fully saturated rings. The van der Waals surface area contributed by atoms with Crippen LogP contribution in [0.25, 0.3) is 0 Å². The first-order chi connectivity index (χ1) is 12.1. The Labute approximate surface area is 157 Å². The van der Waals surface area contributed by atoms with E-state index in [1.807, 2.05) is 6.07 Å². The van der Waals surface area contributed by atoms with Gasteiger partial charge in [-0.25, -0.2) is 4.39 Å². The van der Waals surface area contributed by atoms with Gasteiger partial charge < -0.3 is 19.7 Å². The number of hydrogen-bond acceptors (Lipinski definition) is 3. The molecule has 140 valence electrons. The lowest BCUT2D eigenvalue weighted by atomic mass is 10.1. The molecule has 1 aliphatic rings. The molecule has 1 aromatic carbocycles.